The summed E-state index contributed by atoms with van der Waals surface area (Å²) in [7, 11) is 7.37. The molecule has 1 aliphatic rings. The molecule has 1 saturated heterocycles. The molecule has 0 unspecified atom stereocenters. The molecule has 1 fully saturated rings. The SMILES string of the molecule is [B]N(C)CCN1CCC(O)CC1. The molecule has 0 amide bonds. The fourth-order valence-corrected chi connectivity index (χ4v) is 1.44. The van der Waals surface area contributed by atoms with Gasteiger partial charge in [0.25, 0.3) is 0 Å². The fraction of sp³-hybridized carbons (Fsp3) is 1.00. The van der Waals surface area contributed by atoms with E-state index in [4.69, 9.17) is 7.98 Å². The van der Waals surface area contributed by atoms with E-state index in [9.17, 15) is 5.11 Å². The van der Waals surface area contributed by atoms with Crippen molar-refractivity contribution in [1.29, 1.82) is 0 Å². The molecule has 4 heteroatoms. The Morgan fingerprint density at radius 2 is 2.08 bits per heavy atom. The first-order chi connectivity index (χ1) is 5.68. The van der Waals surface area contributed by atoms with Crippen molar-refractivity contribution < 1.29 is 5.11 Å². The lowest BCUT2D eigenvalue weighted by Crippen LogP contribution is -2.39. The highest BCUT2D eigenvalue weighted by molar-refractivity contribution is 6.04. The molecule has 1 N–H and O–H groups in total. The first-order valence-corrected chi connectivity index (χ1v) is 4.55. The molecule has 1 heterocycles. The highest BCUT2D eigenvalue weighted by atomic mass is 16.3. The molecule has 0 saturated carbocycles. The molecule has 0 atom stereocenters. The van der Waals surface area contributed by atoms with Crippen molar-refractivity contribution in [2.45, 2.75) is 18.9 Å². The van der Waals surface area contributed by atoms with Crippen molar-refractivity contribution in [1.82, 2.24) is 9.71 Å². The summed E-state index contributed by atoms with van der Waals surface area (Å²) in [6.07, 6.45) is 1.75. The summed E-state index contributed by atoms with van der Waals surface area (Å²) < 4.78 is 0. The number of hydrogen-bond donors (Lipinski definition) is 1. The zero-order valence-electron chi connectivity index (χ0n) is 7.74. The van der Waals surface area contributed by atoms with Gasteiger partial charge in [0.2, 0.25) is 0 Å². The van der Waals surface area contributed by atoms with Crippen molar-refractivity contribution >= 4 is 7.98 Å². The van der Waals surface area contributed by atoms with Crippen LogP contribution in [0.2, 0.25) is 0 Å². The maximum absolute atomic E-state index is 9.24. The Balaban J connectivity index is 2.09. The first-order valence-electron chi connectivity index (χ1n) is 4.55. The van der Waals surface area contributed by atoms with Crippen LogP contribution in [0.4, 0.5) is 0 Å². The summed E-state index contributed by atoms with van der Waals surface area (Å²) in [4.78, 5) is 4.04. The molecule has 1 rings (SSSR count). The van der Waals surface area contributed by atoms with Gasteiger partial charge in [0.1, 0.15) is 0 Å². The molecule has 3 nitrogen and oxygen atoms in total. The first kappa shape index (κ1) is 10.0. The Morgan fingerprint density at radius 1 is 1.50 bits per heavy atom. The molecule has 0 aromatic carbocycles. The van der Waals surface area contributed by atoms with E-state index >= 15 is 0 Å². The topological polar surface area (TPSA) is 26.7 Å². The second-order valence-electron chi connectivity index (χ2n) is 3.55. The van der Waals surface area contributed by atoms with Gasteiger partial charge >= 0.3 is 0 Å². The summed E-state index contributed by atoms with van der Waals surface area (Å²) in [6.45, 7) is 3.93. The predicted octanol–water partition coefficient (Wildman–Crippen LogP) is -0.542. The minimum Gasteiger partial charge on any atom is -0.393 e. The number of likely N-dealkylation sites (tertiary alicyclic amines) is 1. The summed E-state index contributed by atoms with van der Waals surface area (Å²) in [5.74, 6) is 0. The standard InChI is InChI=1S/C8H17BN2O/c1-10(9)6-7-11-4-2-8(12)3-5-11/h8,12H,2-7H2,1H3. The zero-order chi connectivity index (χ0) is 8.97. The van der Waals surface area contributed by atoms with Crippen LogP contribution in [0.5, 0.6) is 0 Å². The van der Waals surface area contributed by atoms with Crippen molar-refractivity contribution in [3.63, 3.8) is 0 Å². The number of aliphatic hydroxyl groups excluding tert-OH is 1. The Morgan fingerprint density at radius 3 is 2.58 bits per heavy atom. The van der Waals surface area contributed by atoms with E-state index in [1.165, 1.54) is 0 Å². The number of piperidine rings is 1. The highest BCUT2D eigenvalue weighted by Crippen LogP contribution is 2.08. The summed E-state index contributed by atoms with van der Waals surface area (Å²) in [5, 5.41) is 9.24. The number of rotatable bonds is 3. The van der Waals surface area contributed by atoms with E-state index in [0.717, 1.165) is 39.0 Å². The van der Waals surface area contributed by atoms with Crippen LogP contribution in [0.15, 0.2) is 0 Å². The van der Waals surface area contributed by atoms with Crippen LogP contribution in [0.1, 0.15) is 12.8 Å². The van der Waals surface area contributed by atoms with E-state index in [1.54, 1.807) is 4.81 Å². The molecule has 1 aliphatic heterocycles. The monoisotopic (exact) mass is 168 g/mol. The van der Waals surface area contributed by atoms with Gasteiger partial charge in [-0.05, 0) is 26.4 Å². The molecule has 2 radical (unpaired) electrons. The maximum Gasteiger partial charge on any atom is 0.182 e. The van der Waals surface area contributed by atoms with E-state index in [2.05, 4.69) is 4.90 Å². The van der Waals surface area contributed by atoms with Crippen LogP contribution in [0.25, 0.3) is 0 Å². The summed E-state index contributed by atoms with van der Waals surface area (Å²) in [5.41, 5.74) is 0. The Bertz CT molecular complexity index is 124. The van der Waals surface area contributed by atoms with Crippen molar-refractivity contribution in [2.75, 3.05) is 33.2 Å². The minimum absolute atomic E-state index is 0.0724. The van der Waals surface area contributed by atoms with Gasteiger partial charge in [-0.15, -0.1) is 0 Å². The lowest BCUT2D eigenvalue weighted by atomic mass is 10.1. The van der Waals surface area contributed by atoms with Crippen molar-refractivity contribution in [3.8, 4) is 0 Å². The van der Waals surface area contributed by atoms with Crippen molar-refractivity contribution in [3.05, 3.63) is 0 Å². The predicted molar refractivity (Wildman–Crippen MR) is 50.1 cm³/mol. The molecule has 68 valence electrons. The van der Waals surface area contributed by atoms with Crippen LogP contribution in [0, 0.1) is 0 Å². The lowest BCUT2D eigenvalue weighted by molar-refractivity contribution is 0.0813. The van der Waals surface area contributed by atoms with Gasteiger partial charge in [-0.25, -0.2) is 0 Å². The largest absolute Gasteiger partial charge is 0.393 e. The van der Waals surface area contributed by atoms with Gasteiger partial charge in [-0.3, -0.25) is 0 Å². The molecule has 12 heavy (non-hydrogen) atoms. The van der Waals surface area contributed by atoms with E-state index < -0.39 is 0 Å². The van der Waals surface area contributed by atoms with Crippen LogP contribution in [-0.2, 0) is 0 Å². The van der Waals surface area contributed by atoms with Crippen LogP contribution < -0.4 is 0 Å². The second-order valence-corrected chi connectivity index (χ2v) is 3.55. The van der Waals surface area contributed by atoms with Gasteiger partial charge < -0.3 is 14.8 Å². The maximum atomic E-state index is 9.24. The highest BCUT2D eigenvalue weighted by Gasteiger charge is 2.15. The average Bonchev–Trinajstić information content (AvgIpc) is 2.03. The van der Waals surface area contributed by atoms with Crippen LogP contribution >= 0.6 is 0 Å². The number of aliphatic hydroxyl groups is 1. The quantitative estimate of drug-likeness (QED) is 0.573. The lowest BCUT2D eigenvalue weighted by Gasteiger charge is -2.30. The second kappa shape index (κ2) is 4.85. The van der Waals surface area contributed by atoms with Crippen LogP contribution in [-0.4, -0.2) is 62.1 Å². The minimum atomic E-state index is -0.0724. The number of hydrogen-bond acceptors (Lipinski definition) is 3. The number of likely N-dealkylation sites (N-methyl/N-ethyl adjacent to an activating group) is 1. The van der Waals surface area contributed by atoms with Gasteiger partial charge in [0.05, 0.1) is 6.10 Å². The molecule has 0 aliphatic carbocycles. The third-order valence-corrected chi connectivity index (χ3v) is 2.33. The molecule has 0 aromatic rings. The third kappa shape index (κ3) is 3.56. The van der Waals surface area contributed by atoms with Gasteiger partial charge in [-0.2, -0.15) is 0 Å². The fourth-order valence-electron chi connectivity index (χ4n) is 1.44. The molecule has 0 aromatic heterocycles. The zero-order valence-corrected chi connectivity index (χ0v) is 7.74. The normalized spacial score (nSPS) is 21.9. The number of nitrogens with zero attached hydrogens (tertiary/aromatic N) is 2. The molecular formula is C8H17BN2O. The van der Waals surface area contributed by atoms with Crippen molar-refractivity contribution in [2.24, 2.45) is 0 Å². The summed E-state index contributed by atoms with van der Waals surface area (Å²) in [6, 6.07) is 0. The molecular weight excluding hydrogens is 151 g/mol. The van der Waals surface area contributed by atoms with E-state index in [-0.39, 0.29) is 6.10 Å². The molecule has 0 spiro atoms. The van der Waals surface area contributed by atoms with Gasteiger partial charge in [-0.1, -0.05) is 0 Å². The Hall–Kier alpha value is -0.0551. The third-order valence-electron chi connectivity index (χ3n) is 2.33. The van der Waals surface area contributed by atoms with E-state index in [1.807, 2.05) is 7.05 Å². The molecule has 0 bridgehead atoms. The smallest absolute Gasteiger partial charge is 0.182 e. The van der Waals surface area contributed by atoms with Gasteiger partial charge in [0, 0.05) is 19.6 Å². The summed E-state index contributed by atoms with van der Waals surface area (Å²) >= 11 is 0. The van der Waals surface area contributed by atoms with E-state index in [0.29, 0.717) is 0 Å². The van der Waals surface area contributed by atoms with Gasteiger partial charge in [0.15, 0.2) is 7.98 Å². The Labute approximate surface area is 75.8 Å². The Kier molecular flexibility index (Phi) is 4.05. The average molecular weight is 168 g/mol. The van der Waals surface area contributed by atoms with Crippen LogP contribution in [0.3, 0.4) is 0 Å².